The largest absolute Gasteiger partial charge is 0.322 e. The number of hydrogen-bond acceptors (Lipinski definition) is 3. The van der Waals surface area contributed by atoms with Crippen LogP contribution in [0.15, 0.2) is 18.3 Å². The first kappa shape index (κ1) is 8.19. The third kappa shape index (κ3) is 1.19. The van der Waals surface area contributed by atoms with Crippen LogP contribution in [0, 0.1) is 0 Å². The van der Waals surface area contributed by atoms with Gasteiger partial charge >= 0.3 is 0 Å². The van der Waals surface area contributed by atoms with Crippen LogP contribution in [-0.4, -0.2) is 14.5 Å². The summed E-state index contributed by atoms with van der Waals surface area (Å²) < 4.78 is 1.93. The number of nitrogens with zero attached hydrogens (tertiary/aromatic N) is 3. The molecule has 0 fully saturated rings. The number of fused-ring (bicyclic) bond motifs is 1. The van der Waals surface area contributed by atoms with E-state index < -0.39 is 0 Å². The fourth-order valence-corrected chi connectivity index (χ4v) is 1.45. The maximum absolute atomic E-state index is 5.77. The van der Waals surface area contributed by atoms with E-state index in [2.05, 4.69) is 9.97 Å². The predicted octanol–water partition coefficient (Wildman–Crippen LogP) is 0.988. The Labute approximate surface area is 76.4 Å². The topological polar surface area (TPSA) is 56.7 Å². The fourth-order valence-electron chi connectivity index (χ4n) is 1.45. The molecule has 2 aromatic heterocycles. The van der Waals surface area contributed by atoms with Gasteiger partial charge in [0.25, 0.3) is 0 Å². The van der Waals surface area contributed by atoms with E-state index in [0.717, 1.165) is 17.0 Å². The van der Waals surface area contributed by atoms with Gasteiger partial charge in [0.2, 0.25) is 0 Å². The lowest BCUT2D eigenvalue weighted by Crippen LogP contribution is -2.11. The monoisotopic (exact) mass is 176 g/mol. The first-order chi connectivity index (χ1) is 6.20. The van der Waals surface area contributed by atoms with Gasteiger partial charge < -0.3 is 10.3 Å². The molecule has 2 heterocycles. The first-order valence-electron chi connectivity index (χ1n) is 4.23. The predicted molar refractivity (Wildman–Crippen MR) is 51.1 cm³/mol. The second kappa shape index (κ2) is 2.81. The van der Waals surface area contributed by atoms with Crippen molar-refractivity contribution in [1.29, 1.82) is 0 Å². The zero-order valence-corrected chi connectivity index (χ0v) is 7.73. The Morgan fingerprint density at radius 1 is 1.54 bits per heavy atom. The summed E-state index contributed by atoms with van der Waals surface area (Å²) in [6, 6.07) is 3.76. The molecule has 0 aromatic carbocycles. The van der Waals surface area contributed by atoms with E-state index in [4.69, 9.17) is 5.73 Å². The summed E-state index contributed by atoms with van der Waals surface area (Å²) in [5.41, 5.74) is 7.55. The summed E-state index contributed by atoms with van der Waals surface area (Å²) in [6.45, 7) is 1.92. The number of aryl methyl sites for hydroxylation is 1. The number of pyridine rings is 1. The minimum Gasteiger partial charge on any atom is -0.322 e. The van der Waals surface area contributed by atoms with E-state index in [9.17, 15) is 0 Å². The maximum Gasteiger partial charge on any atom is 0.159 e. The average Bonchev–Trinajstić information content (AvgIpc) is 2.45. The van der Waals surface area contributed by atoms with Gasteiger partial charge in [-0.15, -0.1) is 0 Å². The molecule has 4 heteroatoms. The first-order valence-corrected chi connectivity index (χ1v) is 4.23. The van der Waals surface area contributed by atoms with Crippen LogP contribution in [0.5, 0.6) is 0 Å². The molecular weight excluding hydrogens is 164 g/mol. The summed E-state index contributed by atoms with van der Waals surface area (Å²) >= 11 is 0. The molecule has 0 saturated heterocycles. The highest BCUT2D eigenvalue weighted by Crippen LogP contribution is 2.15. The summed E-state index contributed by atoms with van der Waals surface area (Å²) in [5, 5.41) is 0. The van der Waals surface area contributed by atoms with Gasteiger partial charge in [-0.2, -0.15) is 0 Å². The number of aromatic nitrogens is 3. The zero-order valence-electron chi connectivity index (χ0n) is 7.73. The van der Waals surface area contributed by atoms with Crippen LogP contribution in [0.2, 0.25) is 0 Å². The van der Waals surface area contributed by atoms with E-state index in [1.54, 1.807) is 6.20 Å². The summed E-state index contributed by atoms with van der Waals surface area (Å²) in [5.74, 6) is 0.869. The van der Waals surface area contributed by atoms with Gasteiger partial charge in [-0.1, -0.05) is 0 Å². The number of rotatable bonds is 1. The molecule has 1 atom stereocenters. The standard InChI is InChI=1S/C9H12N4/c1-6(10)8-12-7-4-3-5-11-9(7)13(8)2/h3-6H,10H2,1-2H3. The smallest absolute Gasteiger partial charge is 0.159 e. The molecule has 0 radical (unpaired) electrons. The van der Waals surface area contributed by atoms with Gasteiger partial charge in [-0.05, 0) is 19.1 Å². The molecule has 2 aromatic rings. The summed E-state index contributed by atoms with van der Waals surface area (Å²) in [6.07, 6.45) is 1.76. The van der Waals surface area contributed by atoms with Crippen molar-refractivity contribution >= 4 is 11.2 Å². The van der Waals surface area contributed by atoms with Gasteiger partial charge in [0.05, 0.1) is 6.04 Å². The van der Waals surface area contributed by atoms with Crippen LogP contribution in [0.3, 0.4) is 0 Å². The molecule has 0 aliphatic rings. The van der Waals surface area contributed by atoms with Crippen molar-refractivity contribution in [2.75, 3.05) is 0 Å². The zero-order chi connectivity index (χ0) is 9.42. The highest BCUT2D eigenvalue weighted by molar-refractivity contribution is 5.71. The molecule has 2 rings (SSSR count). The molecule has 1 unspecified atom stereocenters. The lowest BCUT2D eigenvalue weighted by atomic mass is 10.3. The molecular formula is C9H12N4. The Kier molecular flexibility index (Phi) is 1.77. The van der Waals surface area contributed by atoms with Crippen molar-refractivity contribution in [2.24, 2.45) is 12.8 Å². The highest BCUT2D eigenvalue weighted by atomic mass is 15.1. The van der Waals surface area contributed by atoms with Crippen LogP contribution in [-0.2, 0) is 7.05 Å². The van der Waals surface area contributed by atoms with Gasteiger partial charge in [-0.25, -0.2) is 9.97 Å². The van der Waals surface area contributed by atoms with E-state index in [1.165, 1.54) is 0 Å². The van der Waals surface area contributed by atoms with Crippen LogP contribution < -0.4 is 5.73 Å². The van der Waals surface area contributed by atoms with Crippen molar-refractivity contribution < 1.29 is 0 Å². The van der Waals surface area contributed by atoms with Crippen LogP contribution in [0.1, 0.15) is 18.8 Å². The number of nitrogens with two attached hydrogens (primary N) is 1. The van der Waals surface area contributed by atoms with Crippen LogP contribution >= 0.6 is 0 Å². The minimum atomic E-state index is -0.0563. The quantitative estimate of drug-likeness (QED) is 0.704. The summed E-state index contributed by atoms with van der Waals surface area (Å²) in [7, 11) is 1.93. The van der Waals surface area contributed by atoms with Gasteiger partial charge in [0.15, 0.2) is 5.65 Å². The molecule has 4 nitrogen and oxygen atoms in total. The molecule has 0 bridgehead atoms. The lowest BCUT2D eigenvalue weighted by molar-refractivity contribution is 0.693. The Balaban J connectivity index is 2.74. The molecule has 2 N–H and O–H groups in total. The van der Waals surface area contributed by atoms with Gasteiger partial charge in [0, 0.05) is 13.2 Å². The van der Waals surface area contributed by atoms with Crippen molar-refractivity contribution in [3.63, 3.8) is 0 Å². The van der Waals surface area contributed by atoms with Crippen molar-refractivity contribution in [1.82, 2.24) is 14.5 Å². The fraction of sp³-hybridized carbons (Fsp3) is 0.333. The Hall–Kier alpha value is -1.42. The molecule has 13 heavy (non-hydrogen) atoms. The van der Waals surface area contributed by atoms with E-state index in [0.29, 0.717) is 0 Å². The van der Waals surface area contributed by atoms with Crippen molar-refractivity contribution in [3.8, 4) is 0 Å². The van der Waals surface area contributed by atoms with Crippen molar-refractivity contribution in [3.05, 3.63) is 24.2 Å². The second-order valence-electron chi connectivity index (χ2n) is 3.16. The average molecular weight is 176 g/mol. The Morgan fingerprint density at radius 3 is 2.92 bits per heavy atom. The van der Waals surface area contributed by atoms with Crippen LogP contribution in [0.25, 0.3) is 11.2 Å². The maximum atomic E-state index is 5.77. The van der Waals surface area contributed by atoms with Crippen molar-refractivity contribution in [2.45, 2.75) is 13.0 Å². The molecule has 0 spiro atoms. The molecule has 0 amide bonds. The van der Waals surface area contributed by atoms with Gasteiger partial charge in [0.1, 0.15) is 11.3 Å². The molecule has 0 saturated carbocycles. The lowest BCUT2D eigenvalue weighted by Gasteiger charge is -2.03. The molecule has 68 valence electrons. The molecule has 0 aliphatic carbocycles. The highest BCUT2D eigenvalue weighted by Gasteiger charge is 2.10. The van der Waals surface area contributed by atoms with E-state index in [-0.39, 0.29) is 6.04 Å². The van der Waals surface area contributed by atoms with Gasteiger partial charge in [-0.3, -0.25) is 0 Å². The normalized spacial score (nSPS) is 13.5. The third-order valence-corrected chi connectivity index (χ3v) is 2.07. The number of hydrogen-bond donors (Lipinski definition) is 1. The third-order valence-electron chi connectivity index (χ3n) is 2.07. The second-order valence-corrected chi connectivity index (χ2v) is 3.16. The number of imidazole rings is 1. The van der Waals surface area contributed by atoms with Crippen LogP contribution in [0.4, 0.5) is 0 Å². The Morgan fingerprint density at radius 2 is 2.31 bits per heavy atom. The molecule has 0 aliphatic heterocycles. The SMILES string of the molecule is CC(N)c1nc2cccnc2n1C. The van der Waals surface area contributed by atoms with E-state index >= 15 is 0 Å². The van der Waals surface area contributed by atoms with E-state index in [1.807, 2.05) is 30.7 Å². The minimum absolute atomic E-state index is 0.0563. The summed E-state index contributed by atoms with van der Waals surface area (Å²) in [4.78, 5) is 8.62. The Bertz CT molecular complexity index is 430.